The Balaban J connectivity index is 1.80. The quantitative estimate of drug-likeness (QED) is 0.940. The molecule has 1 aromatic heterocycles. The van der Waals surface area contributed by atoms with Crippen LogP contribution in [0, 0.1) is 0 Å². The number of pyridine rings is 1. The number of hydrogen-bond donors (Lipinski definition) is 1. The second kappa shape index (κ2) is 5.56. The van der Waals surface area contributed by atoms with Crippen molar-refractivity contribution in [3.63, 3.8) is 0 Å². The van der Waals surface area contributed by atoms with Crippen molar-refractivity contribution < 1.29 is 4.79 Å². The summed E-state index contributed by atoms with van der Waals surface area (Å²) in [7, 11) is 0. The maximum absolute atomic E-state index is 12.6. The predicted molar refractivity (Wildman–Crippen MR) is 84.8 cm³/mol. The van der Waals surface area contributed by atoms with Gasteiger partial charge in [-0.25, -0.2) is 4.98 Å². The third kappa shape index (κ3) is 2.75. The van der Waals surface area contributed by atoms with Crippen molar-refractivity contribution in [1.82, 2.24) is 4.98 Å². The third-order valence-corrected chi connectivity index (χ3v) is 3.57. The number of benzene rings is 1. The Morgan fingerprint density at radius 2 is 2.05 bits per heavy atom. The van der Waals surface area contributed by atoms with Gasteiger partial charge in [0.1, 0.15) is 5.69 Å². The first kappa shape index (κ1) is 13.6. The van der Waals surface area contributed by atoms with Crippen molar-refractivity contribution in [1.29, 1.82) is 0 Å². The Hall–Kier alpha value is -2.36. The second-order valence-corrected chi connectivity index (χ2v) is 5.57. The molecule has 4 nitrogen and oxygen atoms in total. The van der Waals surface area contributed by atoms with E-state index < -0.39 is 0 Å². The van der Waals surface area contributed by atoms with Gasteiger partial charge in [-0.15, -0.1) is 0 Å². The van der Waals surface area contributed by atoms with Crippen molar-refractivity contribution in [2.75, 3.05) is 16.8 Å². The molecule has 1 aromatic carbocycles. The first-order valence-corrected chi connectivity index (χ1v) is 7.27. The van der Waals surface area contributed by atoms with E-state index in [9.17, 15) is 4.79 Å². The number of aromatic nitrogens is 1. The van der Waals surface area contributed by atoms with E-state index in [1.165, 1.54) is 5.56 Å². The van der Waals surface area contributed by atoms with Crippen LogP contribution in [0.3, 0.4) is 0 Å². The van der Waals surface area contributed by atoms with Crippen molar-refractivity contribution in [2.45, 2.75) is 26.3 Å². The largest absolute Gasteiger partial charge is 0.382 e. The molecule has 1 aliphatic rings. The molecule has 3 rings (SSSR count). The first-order valence-electron chi connectivity index (χ1n) is 7.27. The zero-order chi connectivity index (χ0) is 14.8. The van der Waals surface area contributed by atoms with Crippen LogP contribution in [0.2, 0.25) is 0 Å². The molecule has 21 heavy (non-hydrogen) atoms. The topological polar surface area (TPSA) is 45.2 Å². The predicted octanol–water partition coefficient (Wildman–Crippen LogP) is 3.10. The van der Waals surface area contributed by atoms with E-state index in [1.807, 2.05) is 29.2 Å². The maximum atomic E-state index is 12.6. The minimum absolute atomic E-state index is 0.0314. The van der Waals surface area contributed by atoms with Gasteiger partial charge < -0.3 is 10.2 Å². The highest BCUT2D eigenvalue weighted by Gasteiger charge is 2.25. The molecule has 1 aliphatic heterocycles. The Morgan fingerprint density at radius 3 is 2.76 bits per heavy atom. The van der Waals surface area contributed by atoms with Crippen LogP contribution in [0.25, 0.3) is 0 Å². The minimum Gasteiger partial charge on any atom is -0.382 e. The van der Waals surface area contributed by atoms with Gasteiger partial charge in [0.2, 0.25) is 0 Å². The number of carbonyl (C=O) groups is 1. The number of amides is 1. The lowest BCUT2D eigenvalue weighted by atomic mass is 10.2. The highest BCUT2D eigenvalue weighted by Crippen LogP contribution is 2.28. The number of nitrogens with zero attached hydrogens (tertiary/aromatic N) is 2. The molecule has 0 spiro atoms. The van der Waals surface area contributed by atoms with Crippen molar-refractivity contribution in [3.8, 4) is 0 Å². The normalized spacial score (nSPS) is 13.4. The van der Waals surface area contributed by atoms with Crippen molar-refractivity contribution in [2.24, 2.45) is 0 Å². The van der Waals surface area contributed by atoms with Crippen molar-refractivity contribution >= 4 is 17.3 Å². The summed E-state index contributed by atoms with van der Waals surface area (Å²) in [6.45, 7) is 4.87. The lowest BCUT2D eigenvalue weighted by molar-refractivity contribution is 0.0984. The fraction of sp³-hybridized carbons (Fsp3) is 0.294. The van der Waals surface area contributed by atoms with Crippen LogP contribution < -0.4 is 10.2 Å². The molecule has 0 saturated carbocycles. The molecule has 0 aliphatic carbocycles. The van der Waals surface area contributed by atoms with Crippen LogP contribution in [0.4, 0.5) is 11.4 Å². The van der Waals surface area contributed by atoms with Gasteiger partial charge >= 0.3 is 0 Å². The van der Waals surface area contributed by atoms with E-state index in [0.29, 0.717) is 11.7 Å². The maximum Gasteiger partial charge on any atom is 0.276 e. The summed E-state index contributed by atoms with van der Waals surface area (Å²) in [5.41, 5.74) is 3.65. The highest BCUT2D eigenvalue weighted by molar-refractivity contribution is 6.06. The highest BCUT2D eigenvalue weighted by atomic mass is 16.2. The van der Waals surface area contributed by atoms with Gasteiger partial charge in [-0.05, 0) is 44.0 Å². The van der Waals surface area contributed by atoms with E-state index in [2.05, 4.69) is 30.2 Å². The Labute approximate surface area is 124 Å². The van der Waals surface area contributed by atoms with E-state index >= 15 is 0 Å². The van der Waals surface area contributed by atoms with Crippen molar-refractivity contribution in [3.05, 3.63) is 53.9 Å². The molecule has 1 amide bonds. The Morgan fingerprint density at radius 1 is 1.24 bits per heavy atom. The summed E-state index contributed by atoms with van der Waals surface area (Å²) in [4.78, 5) is 18.7. The summed E-state index contributed by atoms with van der Waals surface area (Å²) in [5.74, 6) is -0.0314. The number of anilines is 2. The first-order chi connectivity index (χ1) is 10.1. The number of fused-ring (bicyclic) bond motifs is 1. The van der Waals surface area contributed by atoms with Crippen LogP contribution in [0.5, 0.6) is 0 Å². The van der Waals surface area contributed by atoms with Gasteiger partial charge in [-0.3, -0.25) is 4.79 Å². The lowest BCUT2D eigenvalue weighted by Gasteiger charge is -2.17. The number of hydrogen-bond acceptors (Lipinski definition) is 3. The summed E-state index contributed by atoms with van der Waals surface area (Å²) in [5, 5.41) is 3.27. The molecule has 4 heteroatoms. The Bertz CT molecular complexity index is 649. The van der Waals surface area contributed by atoms with Gasteiger partial charge in [0.25, 0.3) is 5.91 Å². The summed E-state index contributed by atoms with van der Waals surface area (Å²) in [6, 6.07) is 12.1. The summed E-state index contributed by atoms with van der Waals surface area (Å²) in [6.07, 6.45) is 2.63. The van der Waals surface area contributed by atoms with Crippen LogP contribution in [0.15, 0.2) is 42.6 Å². The number of para-hydroxylation sites is 1. The molecule has 0 atom stereocenters. The average molecular weight is 281 g/mol. The molecule has 0 saturated heterocycles. The number of rotatable bonds is 3. The summed E-state index contributed by atoms with van der Waals surface area (Å²) < 4.78 is 0. The molecule has 108 valence electrons. The monoisotopic (exact) mass is 281 g/mol. The second-order valence-electron chi connectivity index (χ2n) is 5.57. The van der Waals surface area contributed by atoms with Gasteiger partial charge in [0, 0.05) is 18.3 Å². The Kier molecular flexibility index (Phi) is 3.60. The molecule has 0 unspecified atom stereocenters. The van der Waals surface area contributed by atoms with Gasteiger partial charge in [0.15, 0.2) is 0 Å². The molecule has 2 heterocycles. The lowest BCUT2D eigenvalue weighted by Crippen LogP contribution is -2.29. The van der Waals surface area contributed by atoms with E-state index in [0.717, 1.165) is 24.3 Å². The summed E-state index contributed by atoms with van der Waals surface area (Å²) >= 11 is 0. The molecular weight excluding hydrogens is 262 g/mol. The third-order valence-electron chi connectivity index (χ3n) is 3.57. The van der Waals surface area contributed by atoms with Crippen LogP contribution in [-0.2, 0) is 6.42 Å². The van der Waals surface area contributed by atoms with Crippen LogP contribution in [-0.4, -0.2) is 23.5 Å². The fourth-order valence-corrected chi connectivity index (χ4v) is 2.63. The minimum atomic E-state index is -0.0314. The number of carbonyl (C=O) groups excluding carboxylic acids is 1. The standard InChI is InChI=1S/C17H19N3O/c1-12(2)19-14-7-8-15(18-11-14)17(21)20-10-9-13-5-3-4-6-16(13)20/h3-8,11-12,19H,9-10H2,1-2H3. The molecular formula is C17H19N3O. The van der Waals surface area contributed by atoms with Gasteiger partial charge in [-0.2, -0.15) is 0 Å². The molecule has 0 radical (unpaired) electrons. The van der Waals surface area contributed by atoms with Gasteiger partial charge in [0.05, 0.1) is 11.9 Å². The molecule has 0 bridgehead atoms. The zero-order valence-electron chi connectivity index (χ0n) is 12.3. The zero-order valence-corrected chi connectivity index (χ0v) is 12.3. The average Bonchev–Trinajstić information content (AvgIpc) is 2.90. The SMILES string of the molecule is CC(C)Nc1ccc(C(=O)N2CCc3ccccc32)nc1. The van der Waals surface area contributed by atoms with Gasteiger partial charge in [-0.1, -0.05) is 18.2 Å². The number of nitrogens with one attached hydrogen (secondary N) is 1. The fourth-order valence-electron chi connectivity index (χ4n) is 2.63. The van der Waals surface area contributed by atoms with E-state index in [4.69, 9.17) is 0 Å². The van der Waals surface area contributed by atoms with Crippen LogP contribution in [0.1, 0.15) is 29.9 Å². The smallest absolute Gasteiger partial charge is 0.276 e. The molecule has 0 fully saturated rings. The molecule has 2 aromatic rings. The van der Waals surface area contributed by atoms with E-state index in [1.54, 1.807) is 12.3 Å². The van der Waals surface area contributed by atoms with Crippen LogP contribution >= 0.6 is 0 Å². The van der Waals surface area contributed by atoms with E-state index in [-0.39, 0.29) is 5.91 Å². The molecule has 1 N–H and O–H groups in total.